The summed E-state index contributed by atoms with van der Waals surface area (Å²) in [5.74, 6) is -0.340. The molecule has 1 aromatic rings. The van der Waals surface area contributed by atoms with Crippen LogP contribution in [-0.4, -0.2) is 10.7 Å². The third kappa shape index (κ3) is 4.29. The highest BCUT2D eigenvalue weighted by Crippen LogP contribution is 2.28. The van der Waals surface area contributed by atoms with E-state index in [0.29, 0.717) is 11.4 Å². The molecule has 0 saturated carbocycles. The molecule has 3 heteroatoms. The van der Waals surface area contributed by atoms with Crippen molar-refractivity contribution in [2.75, 3.05) is 0 Å². The second-order valence-electron chi connectivity index (χ2n) is 4.64. The summed E-state index contributed by atoms with van der Waals surface area (Å²) in [6.45, 7) is 4.10. The lowest BCUT2D eigenvalue weighted by Gasteiger charge is -2.28. The van der Waals surface area contributed by atoms with E-state index in [2.05, 4.69) is 0 Å². The Hall–Kier alpha value is -0.600. The average Bonchev–Trinajstić information content (AvgIpc) is 2.23. The van der Waals surface area contributed by atoms with Crippen LogP contribution in [0.15, 0.2) is 18.2 Å². The molecule has 1 rings (SSSR count). The fraction of sp³-hybridized carbons (Fsp3) is 0.571. The van der Waals surface area contributed by atoms with Crippen molar-refractivity contribution < 1.29 is 9.50 Å². The van der Waals surface area contributed by atoms with Gasteiger partial charge in [0.1, 0.15) is 5.82 Å². The minimum Gasteiger partial charge on any atom is -0.390 e. The molecule has 96 valence electrons. The van der Waals surface area contributed by atoms with E-state index in [1.807, 2.05) is 13.8 Å². The Bertz CT molecular complexity index is 359. The first-order chi connectivity index (χ1) is 8.00. The standard InChI is InChI=1S/C14H20ClFO/c1-3-7-14(17,8-4-2)10-11-5-6-12(16)9-13(11)15/h5-6,9,17H,3-4,7-8,10H2,1-2H3. The highest BCUT2D eigenvalue weighted by Gasteiger charge is 2.26. The van der Waals surface area contributed by atoms with Gasteiger partial charge in [0, 0.05) is 11.4 Å². The van der Waals surface area contributed by atoms with Crippen LogP contribution in [0.3, 0.4) is 0 Å². The van der Waals surface area contributed by atoms with Crippen LogP contribution < -0.4 is 0 Å². The van der Waals surface area contributed by atoms with Crippen molar-refractivity contribution >= 4 is 11.6 Å². The highest BCUT2D eigenvalue weighted by molar-refractivity contribution is 6.31. The second kappa shape index (κ2) is 6.36. The lowest BCUT2D eigenvalue weighted by molar-refractivity contribution is 0.0216. The number of hydrogen-bond acceptors (Lipinski definition) is 1. The zero-order chi connectivity index (χ0) is 12.9. The molecule has 0 aliphatic carbocycles. The molecule has 0 aliphatic rings. The Morgan fingerprint density at radius 2 is 1.82 bits per heavy atom. The zero-order valence-corrected chi connectivity index (χ0v) is 11.2. The fourth-order valence-corrected chi connectivity index (χ4v) is 2.49. The summed E-state index contributed by atoms with van der Waals surface area (Å²) in [4.78, 5) is 0. The third-order valence-corrected chi connectivity index (χ3v) is 3.32. The summed E-state index contributed by atoms with van der Waals surface area (Å²) in [5.41, 5.74) is 0.0998. The predicted octanol–water partition coefficient (Wildman–Crippen LogP) is 4.35. The monoisotopic (exact) mass is 258 g/mol. The fourth-order valence-electron chi connectivity index (χ4n) is 2.25. The molecule has 1 aromatic carbocycles. The summed E-state index contributed by atoms with van der Waals surface area (Å²) < 4.78 is 12.9. The van der Waals surface area contributed by atoms with Gasteiger partial charge in [-0.15, -0.1) is 0 Å². The molecule has 0 amide bonds. The molecule has 0 fully saturated rings. The Morgan fingerprint density at radius 1 is 1.24 bits per heavy atom. The molecule has 0 unspecified atom stereocenters. The van der Waals surface area contributed by atoms with Crippen molar-refractivity contribution in [1.29, 1.82) is 0 Å². The van der Waals surface area contributed by atoms with Crippen molar-refractivity contribution in [3.63, 3.8) is 0 Å². The lowest BCUT2D eigenvalue weighted by atomic mass is 9.86. The Labute approximate surface area is 108 Å². The van der Waals surface area contributed by atoms with Gasteiger partial charge in [0.25, 0.3) is 0 Å². The number of benzene rings is 1. The molecular formula is C14H20ClFO. The SMILES string of the molecule is CCCC(O)(CCC)Cc1ccc(F)cc1Cl. The second-order valence-corrected chi connectivity index (χ2v) is 5.04. The molecule has 0 heterocycles. The molecule has 0 spiro atoms. The normalized spacial score (nSPS) is 11.8. The molecule has 0 atom stereocenters. The quantitative estimate of drug-likeness (QED) is 0.804. The van der Waals surface area contributed by atoms with Gasteiger partial charge in [0.15, 0.2) is 0 Å². The van der Waals surface area contributed by atoms with Gasteiger partial charge in [0.2, 0.25) is 0 Å². The molecule has 0 bridgehead atoms. The first-order valence-electron chi connectivity index (χ1n) is 6.17. The van der Waals surface area contributed by atoms with Crippen LogP contribution >= 0.6 is 11.6 Å². The number of rotatable bonds is 6. The van der Waals surface area contributed by atoms with Crippen molar-refractivity contribution in [1.82, 2.24) is 0 Å². The van der Waals surface area contributed by atoms with E-state index < -0.39 is 5.60 Å². The van der Waals surface area contributed by atoms with Crippen LogP contribution in [0.1, 0.15) is 45.1 Å². The topological polar surface area (TPSA) is 20.2 Å². The number of aliphatic hydroxyl groups is 1. The van der Waals surface area contributed by atoms with Gasteiger partial charge in [-0.3, -0.25) is 0 Å². The van der Waals surface area contributed by atoms with E-state index in [9.17, 15) is 9.50 Å². The van der Waals surface area contributed by atoms with E-state index in [4.69, 9.17) is 11.6 Å². The molecule has 1 nitrogen and oxygen atoms in total. The highest BCUT2D eigenvalue weighted by atomic mass is 35.5. The summed E-state index contributed by atoms with van der Waals surface area (Å²) in [6.07, 6.45) is 3.83. The van der Waals surface area contributed by atoms with Gasteiger partial charge in [-0.05, 0) is 30.5 Å². The maximum atomic E-state index is 12.9. The van der Waals surface area contributed by atoms with Crippen LogP contribution in [-0.2, 0) is 6.42 Å². The van der Waals surface area contributed by atoms with Crippen LogP contribution in [0.2, 0.25) is 5.02 Å². The van der Waals surface area contributed by atoms with Gasteiger partial charge in [0.05, 0.1) is 5.60 Å². The van der Waals surface area contributed by atoms with Gasteiger partial charge in [-0.1, -0.05) is 44.4 Å². The molecule has 1 N–H and O–H groups in total. The Kier molecular flexibility index (Phi) is 5.41. The molecule has 17 heavy (non-hydrogen) atoms. The van der Waals surface area contributed by atoms with Crippen molar-refractivity contribution in [3.8, 4) is 0 Å². The van der Waals surface area contributed by atoms with Crippen molar-refractivity contribution in [2.45, 2.75) is 51.6 Å². The summed E-state index contributed by atoms with van der Waals surface area (Å²) in [6, 6.07) is 4.35. The Balaban J connectivity index is 2.85. The summed E-state index contributed by atoms with van der Waals surface area (Å²) in [5, 5.41) is 10.9. The molecule has 0 saturated heterocycles. The average molecular weight is 259 g/mol. The smallest absolute Gasteiger partial charge is 0.124 e. The Morgan fingerprint density at radius 3 is 2.29 bits per heavy atom. The van der Waals surface area contributed by atoms with Crippen LogP contribution in [0.5, 0.6) is 0 Å². The van der Waals surface area contributed by atoms with Crippen LogP contribution in [0.25, 0.3) is 0 Å². The largest absolute Gasteiger partial charge is 0.390 e. The molecule has 0 aliphatic heterocycles. The van der Waals surface area contributed by atoms with E-state index in [-0.39, 0.29) is 5.82 Å². The molecule has 0 aromatic heterocycles. The van der Waals surface area contributed by atoms with Crippen molar-refractivity contribution in [3.05, 3.63) is 34.6 Å². The van der Waals surface area contributed by atoms with Crippen LogP contribution in [0, 0.1) is 5.82 Å². The maximum absolute atomic E-state index is 12.9. The summed E-state index contributed by atoms with van der Waals surface area (Å²) >= 11 is 5.98. The van der Waals surface area contributed by atoms with Crippen molar-refractivity contribution in [2.24, 2.45) is 0 Å². The van der Waals surface area contributed by atoms with Crippen LogP contribution in [0.4, 0.5) is 4.39 Å². The molecular weight excluding hydrogens is 239 g/mol. The molecule has 0 radical (unpaired) electrons. The maximum Gasteiger partial charge on any atom is 0.124 e. The predicted molar refractivity (Wildman–Crippen MR) is 69.9 cm³/mol. The van der Waals surface area contributed by atoms with Gasteiger partial charge in [-0.2, -0.15) is 0 Å². The lowest BCUT2D eigenvalue weighted by Crippen LogP contribution is -2.31. The van der Waals surface area contributed by atoms with Gasteiger partial charge in [-0.25, -0.2) is 4.39 Å². The van der Waals surface area contributed by atoms with E-state index in [0.717, 1.165) is 31.2 Å². The third-order valence-electron chi connectivity index (χ3n) is 2.97. The minimum absolute atomic E-state index is 0.340. The van der Waals surface area contributed by atoms with Gasteiger partial charge >= 0.3 is 0 Å². The van der Waals surface area contributed by atoms with Gasteiger partial charge < -0.3 is 5.11 Å². The number of halogens is 2. The van der Waals surface area contributed by atoms with E-state index >= 15 is 0 Å². The minimum atomic E-state index is -0.717. The van der Waals surface area contributed by atoms with E-state index in [1.54, 1.807) is 6.07 Å². The summed E-state index contributed by atoms with van der Waals surface area (Å²) in [7, 11) is 0. The van der Waals surface area contributed by atoms with E-state index in [1.165, 1.54) is 12.1 Å². The number of hydrogen-bond donors (Lipinski definition) is 1. The zero-order valence-electron chi connectivity index (χ0n) is 10.5. The first kappa shape index (κ1) is 14.5. The first-order valence-corrected chi connectivity index (χ1v) is 6.55.